The van der Waals surface area contributed by atoms with Crippen molar-refractivity contribution in [3.63, 3.8) is 0 Å². The van der Waals surface area contributed by atoms with Crippen molar-refractivity contribution in [2.24, 2.45) is 5.10 Å². The number of carbonyl (C=O) groups excluding carboxylic acids is 2. The predicted molar refractivity (Wildman–Crippen MR) is 101 cm³/mol. The molecule has 0 aliphatic rings. The number of nitrogens with zero attached hydrogens (tertiary/aromatic N) is 1. The molecule has 0 heterocycles. The largest absolute Gasteiger partial charge is 0.312 e. The molecule has 0 aromatic heterocycles. The first-order valence-electron chi connectivity index (χ1n) is 8.54. The van der Waals surface area contributed by atoms with Gasteiger partial charge in [0, 0.05) is 5.56 Å². The standard InChI is InChI=1S/C21H24N2O2/c1-5-16-12-14(3)13-17(6-2)19(16)20(24)21(25)23-22-15(4)18-10-8-7-9-11-18/h7-13H,5-6H2,1-4H3,(H,23,25). The minimum absolute atomic E-state index is 0.515. The van der Waals surface area contributed by atoms with Gasteiger partial charge < -0.3 is 0 Å². The average Bonchev–Trinajstić information content (AvgIpc) is 2.64. The highest BCUT2D eigenvalue weighted by molar-refractivity contribution is 6.43. The molecule has 0 radical (unpaired) electrons. The number of hydrazone groups is 1. The van der Waals surface area contributed by atoms with Crippen LogP contribution in [-0.2, 0) is 17.6 Å². The van der Waals surface area contributed by atoms with Gasteiger partial charge in [-0.1, -0.05) is 61.9 Å². The first-order chi connectivity index (χ1) is 12.0. The molecule has 130 valence electrons. The number of benzene rings is 2. The van der Waals surface area contributed by atoms with Crippen molar-refractivity contribution < 1.29 is 9.59 Å². The summed E-state index contributed by atoms with van der Waals surface area (Å²) in [6.07, 6.45) is 1.41. The number of hydrogen-bond acceptors (Lipinski definition) is 3. The Kier molecular flexibility index (Phi) is 6.23. The summed E-state index contributed by atoms with van der Waals surface area (Å²) in [5, 5.41) is 4.07. The number of carbonyl (C=O) groups is 2. The predicted octanol–water partition coefficient (Wildman–Crippen LogP) is 3.84. The Morgan fingerprint density at radius 1 is 1.00 bits per heavy atom. The van der Waals surface area contributed by atoms with Crippen LogP contribution in [0.3, 0.4) is 0 Å². The van der Waals surface area contributed by atoms with Gasteiger partial charge in [0.25, 0.3) is 5.78 Å². The monoisotopic (exact) mass is 336 g/mol. The molecular formula is C21H24N2O2. The summed E-state index contributed by atoms with van der Waals surface area (Å²) >= 11 is 0. The van der Waals surface area contributed by atoms with Crippen molar-refractivity contribution in [1.82, 2.24) is 5.43 Å². The molecule has 0 spiro atoms. The molecule has 2 rings (SSSR count). The smallest absolute Gasteiger partial charge is 0.283 e. The van der Waals surface area contributed by atoms with E-state index in [9.17, 15) is 9.59 Å². The summed E-state index contributed by atoms with van der Waals surface area (Å²) in [6.45, 7) is 7.77. The molecule has 25 heavy (non-hydrogen) atoms. The maximum atomic E-state index is 12.7. The highest BCUT2D eigenvalue weighted by atomic mass is 16.2. The number of amides is 1. The zero-order valence-electron chi connectivity index (χ0n) is 15.2. The Morgan fingerprint density at radius 2 is 1.56 bits per heavy atom. The molecular weight excluding hydrogens is 312 g/mol. The molecule has 4 nitrogen and oxygen atoms in total. The summed E-state index contributed by atoms with van der Waals surface area (Å²) in [6, 6.07) is 13.4. The number of ketones is 1. The van der Waals surface area contributed by atoms with Crippen molar-refractivity contribution in [2.75, 3.05) is 0 Å². The Hall–Kier alpha value is -2.75. The zero-order chi connectivity index (χ0) is 18.4. The van der Waals surface area contributed by atoms with Gasteiger partial charge in [-0.05, 0) is 43.4 Å². The number of hydrogen-bond donors (Lipinski definition) is 1. The van der Waals surface area contributed by atoms with Gasteiger partial charge in [0.2, 0.25) is 0 Å². The molecule has 0 fully saturated rings. The molecule has 0 unspecified atom stereocenters. The van der Waals surface area contributed by atoms with E-state index in [1.807, 2.05) is 63.2 Å². The third kappa shape index (κ3) is 4.41. The summed E-state index contributed by atoms with van der Waals surface area (Å²) in [7, 11) is 0. The van der Waals surface area contributed by atoms with Gasteiger partial charge in [-0.15, -0.1) is 0 Å². The molecule has 1 N–H and O–H groups in total. The molecule has 0 saturated heterocycles. The Morgan fingerprint density at radius 3 is 2.08 bits per heavy atom. The normalized spacial score (nSPS) is 11.3. The molecule has 0 aliphatic heterocycles. The minimum atomic E-state index is -0.705. The van der Waals surface area contributed by atoms with Crippen molar-refractivity contribution in [2.45, 2.75) is 40.5 Å². The van der Waals surface area contributed by atoms with E-state index in [1.54, 1.807) is 6.92 Å². The van der Waals surface area contributed by atoms with Crippen LogP contribution in [0.4, 0.5) is 0 Å². The van der Waals surface area contributed by atoms with Gasteiger partial charge in [-0.2, -0.15) is 5.10 Å². The van der Waals surface area contributed by atoms with E-state index in [0.29, 0.717) is 24.1 Å². The summed E-state index contributed by atoms with van der Waals surface area (Å²) in [4.78, 5) is 25.0. The Bertz CT molecular complexity index is 783. The van der Waals surface area contributed by atoms with Crippen LogP contribution >= 0.6 is 0 Å². The van der Waals surface area contributed by atoms with Gasteiger partial charge in [0.05, 0.1) is 5.71 Å². The fourth-order valence-corrected chi connectivity index (χ4v) is 2.83. The van der Waals surface area contributed by atoms with E-state index in [0.717, 1.165) is 22.3 Å². The van der Waals surface area contributed by atoms with Gasteiger partial charge in [0.15, 0.2) is 0 Å². The van der Waals surface area contributed by atoms with Crippen LogP contribution < -0.4 is 5.43 Å². The van der Waals surface area contributed by atoms with Gasteiger partial charge in [-0.25, -0.2) is 5.43 Å². The molecule has 1 amide bonds. The van der Waals surface area contributed by atoms with Gasteiger partial charge in [-0.3, -0.25) is 9.59 Å². The second kappa shape index (κ2) is 8.38. The number of rotatable bonds is 6. The van der Waals surface area contributed by atoms with Crippen LogP contribution in [-0.4, -0.2) is 17.4 Å². The third-order valence-corrected chi connectivity index (χ3v) is 4.16. The van der Waals surface area contributed by atoms with E-state index in [-0.39, 0.29) is 0 Å². The lowest BCUT2D eigenvalue weighted by molar-refractivity contribution is -0.117. The maximum Gasteiger partial charge on any atom is 0.312 e. The average molecular weight is 336 g/mol. The van der Waals surface area contributed by atoms with E-state index < -0.39 is 11.7 Å². The van der Waals surface area contributed by atoms with Crippen molar-refractivity contribution >= 4 is 17.4 Å². The van der Waals surface area contributed by atoms with Gasteiger partial charge in [0.1, 0.15) is 0 Å². The molecule has 4 heteroatoms. The van der Waals surface area contributed by atoms with Crippen LogP contribution in [0.25, 0.3) is 0 Å². The maximum absolute atomic E-state index is 12.7. The second-order valence-electron chi connectivity index (χ2n) is 6.00. The Balaban J connectivity index is 2.25. The molecule has 0 atom stereocenters. The lowest BCUT2D eigenvalue weighted by atomic mass is 9.92. The number of aryl methyl sites for hydroxylation is 3. The SMILES string of the molecule is CCc1cc(C)cc(CC)c1C(=O)C(=O)NN=C(C)c1ccccc1. The second-order valence-corrected chi connectivity index (χ2v) is 6.00. The highest BCUT2D eigenvalue weighted by Gasteiger charge is 2.22. The first kappa shape index (κ1) is 18.6. The van der Waals surface area contributed by atoms with E-state index in [1.165, 1.54) is 0 Å². The highest BCUT2D eigenvalue weighted by Crippen LogP contribution is 2.20. The molecule has 2 aromatic carbocycles. The van der Waals surface area contributed by atoms with E-state index in [2.05, 4.69) is 10.5 Å². The fourth-order valence-electron chi connectivity index (χ4n) is 2.83. The summed E-state index contributed by atoms with van der Waals surface area (Å²) in [5.41, 5.74) is 7.37. The molecule has 0 aliphatic carbocycles. The number of nitrogens with one attached hydrogen (secondary N) is 1. The van der Waals surface area contributed by atoms with Crippen molar-refractivity contribution in [3.8, 4) is 0 Å². The van der Waals surface area contributed by atoms with Crippen molar-refractivity contribution in [3.05, 3.63) is 70.3 Å². The van der Waals surface area contributed by atoms with Crippen LogP contribution in [0.2, 0.25) is 0 Å². The van der Waals surface area contributed by atoms with Crippen LogP contribution in [0.5, 0.6) is 0 Å². The lowest BCUT2D eigenvalue weighted by Crippen LogP contribution is -2.29. The topological polar surface area (TPSA) is 58.5 Å². The summed E-state index contributed by atoms with van der Waals surface area (Å²) < 4.78 is 0. The molecule has 0 bridgehead atoms. The quantitative estimate of drug-likeness (QED) is 0.377. The first-order valence-corrected chi connectivity index (χ1v) is 8.54. The van der Waals surface area contributed by atoms with Gasteiger partial charge >= 0.3 is 5.91 Å². The van der Waals surface area contributed by atoms with Crippen LogP contribution in [0, 0.1) is 6.92 Å². The number of Topliss-reactive ketones (excluding diaryl/α,β-unsaturated/α-hetero) is 1. The van der Waals surface area contributed by atoms with Crippen LogP contribution in [0.1, 0.15) is 53.4 Å². The van der Waals surface area contributed by atoms with E-state index in [4.69, 9.17) is 0 Å². The summed E-state index contributed by atoms with van der Waals surface area (Å²) in [5.74, 6) is -1.23. The van der Waals surface area contributed by atoms with E-state index >= 15 is 0 Å². The molecule has 0 saturated carbocycles. The van der Waals surface area contributed by atoms with Crippen molar-refractivity contribution in [1.29, 1.82) is 0 Å². The fraction of sp³-hybridized carbons (Fsp3) is 0.286. The zero-order valence-corrected chi connectivity index (χ0v) is 15.2. The third-order valence-electron chi connectivity index (χ3n) is 4.16. The minimum Gasteiger partial charge on any atom is -0.283 e. The lowest BCUT2D eigenvalue weighted by Gasteiger charge is -2.13. The van der Waals surface area contributed by atoms with Crippen LogP contribution in [0.15, 0.2) is 47.6 Å². The Labute approximate surface area is 149 Å². The molecule has 2 aromatic rings.